The molecule has 25 heavy (non-hydrogen) atoms. The molecule has 0 bridgehead atoms. The Morgan fingerprint density at radius 2 is 1.72 bits per heavy atom. The van der Waals surface area contributed by atoms with Crippen molar-refractivity contribution in [3.8, 4) is 0 Å². The van der Waals surface area contributed by atoms with Gasteiger partial charge in [0.2, 0.25) is 5.91 Å². The standard InChI is InChI=1S/C16H19Cl2N3O4/c1-2-25-16(24)21-7-5-20(6-8-21)14(22)10-19-15(23)11-3-4-12(17)13(18)9-11/h3-4,9H,2,5-8,10H2,1H3,(H,19,23). The highest BCUT2D eigenvalue weighted by Gasteiger charge is 2.24. The number of amides is 3. The molecule has 7 nitrogen and oxygen atoms in total. The van der Waals surface area contributed by atoms with Crippen LogP contribution in [0.4, 0.5) is 4.79 Å². The topological polar surface area (TPSA) is 79.0 Å². The SMILES string of the molecule is CCOC(=O)N1CCN(C(=O)CNC(=O)c2ccc(Cl)c(Cl)c2)CC1. The van der Waals surface area contributed by atoms with E-state index in [1.54, 1.807) is 16.7 Å². The van der Waals surface area contributed by atoms with Crippen LogP contribution in [0.5, 0.6) is 0 Å². The molecule has 1 aliphatic heterocycles. The van der Waals surface area contributed by atoms with E-state index in [2.05, 4.69) is 5.32 Å². The van der Waals surface area contributed by atoms with Crippen LogP contribution in [0.1, 0.15) is 17.3 Å². The van der Waals surface area contributed by atoms with E-state index in [1.807, 2.05) is 0 Å². The van der Waals surface area contributed by atoms with Gasteiger partial charge < -0.3 is 19.9 Å². The number of piperazine rings is 1. The maximum absolute atomic E-state index is 12.2. The van der Waals surface area contributed by atoms with Crippen molar-refractivity contribution in [2.75, 3.05) is 39.3 Å². The van der Waals surface area contributed by atoms with Gasteiger partial charge in [-0.25, -0.2) is 4.79 Å². The molecule has 0 unspecified atom stereocenters. The van der Waals surface area contributed by atoms with E-state index in [4.69, 9.17) is 27.9 Å². The van der Waals surface area contributed by atoms with Crippen LogP contribution in [-0.4, -0.2) is 67.0 Å². The summed E-state index contributed by atoms with van der Waals surface area (Å²) in [6.07, 6.45) is -0.373. The van der Waals surface area contributed by atoms with E-state index in [1.165, 1.54) is 18.2 Å². The van der Waals surface area contributed by atoms with Crippen molar-refractivity contribution in [3.05, 3.63) is 33.8 Å². The van der Waals surface area contributed by atoms with Crippen molar-refractivity contribution in [2.45, 2.75) is 6.92 Å². The second kappa shape index (κ2) is 8.92. The molecule has 1 heterocycles. The second-order valence-corrected chi connectivity index (χ2v) is 6.19. The molecule has 1 aliphatic rings. The molecular weight excluding hydrogens is 369 g/mol. The molecule has 9 heteroatoms. The number of nitrogens with one attached hydrogen (secondary N) is 1. The molecule has 3 amide bonds. The van der Waals surface area contributed by atoms with Gasteiger partial charge in [-0.15, -0.1) is 0 Å². The minimum absolute atomic E-state index is 0.127. The highest BCUT2D eigenvalue weighted by Crippen LogP contribution is 2.22. The number of rotatable bonds is 4. The lowest BCUT2D eigenvalue weighted by atomic mass is 10.2. The van der Waals surface area contributed by atoms with Crippen molar-refractivity contribution in [1.29, 1.82) is 0 Å². The van der Waals surface area contributed by atoms with Crippen molar-refractivity contribution in [3.63, 3.8) is 0 Å². The van der Waals surface area contributed by atoms with E-state index >= 15 is 0 Å². The molecule has 0 atom stereocenters. The third-order valence-corrected chi connectivity index (χ3v) is 4.48. The molecule has 1 N–H and O–H groups in total. The number of benzene rings is 1. The van der Waals surface area contributed by atoms with Gasteiger partial charge in [0.15, 0.2) is 0 Å². The number of hydrogen-bond donors (Lipinski definition) is 1. The average molecular weight is 388 g/mol. The Morgan fingerprint density at radius 3 is 2.32 bits per heavy atom. The highest BCUT2D eigenvalue weighted by atomic mass is 35.5. The molecule has 0 saturated carbocycles. The molecule has 0 spiro atoms. The van der Waals surface area contributed by atoms with Gasteiger partial charge >= 0.3 is 6.09 Å². The Morgan fingerprint density at radius 1 is 1.08 bits per heavy atom. The molecule has 136 valence electrons. The molecule has 0 radical (unpaired) electrons. The summed E-state index contributed by atoms with van der Waals surface area (Å²) >= 11 is 11.7. The Balaban J connectivity index is 1.80. The summed E-state index contributed by atoms with van der Waals surface area (Å²) in [5.74, 6) is -0.617. The Bertz CT molecular complexity index is 661. The quantitative estimate of drug-likeness (QED) is 0.856. The van der Waals surface area contributed by atoms with Gasteiger partial charge in [0.25, 0.3) is 5.91 Å². The predicted octanol–water partition coefficient (Wildman–Crippen LogP) is 2.02. The molecule has 2 rings (SSSR count). The predicted molar refractivity (Wildman–Crippen MR) is 94.0 cm³/mol. The molecule has 0 aromatic heterocycles. The van der Waals surface area contributed by atoms with Gasteiger partial charge in [0, 0.05) is 31.7 Å². The maximum Gasteiger partial charge on any atom is 0.409 e. The summed E-state index contributed by atoms with van der Waals surface area (Å²) in [5, 5.41) is 3.19. The van der Waals surface area contributed by atoms with E-state index in [9.17, 15) is 14.4 Å². The second-order valence-electron chi connectivity index (χ2n) is 5.38. The Hall–Kier alpha value is -1.99. The fourth-order valence-electron chi connectivity index (χ4n) is 2.36. The summed E-state index contributed by atoms with van der Waals surface area (Å²) in [4.78, 5) is 39.0. The van der Waals surface area contributed by atoms with Crippen LogP contribution in [0.3, 0.4) is 0 Å². The maximum atomic E-state index is 12.2. The van der Waals surface area contributed by atoms with Crippen LogP contribution >= 0.6 is 23.2 Å². The van der Waals surface area contributed by atoms with Crippen molar-refractivity contribution in [2.24, 2.45) is 0 Å². The normalized spacial score (nSPS) is 14.2. The number of ether oxygens (including phenoxy) is 1. The minimum Gasteiger partial charge on any atom is -0.450 e. The smallest absolute Gasteiger partial charge is 0.409 e. The van der Waals surface area contributed by atoms with Crippen molar-refractivity contribution in [1.82, 2.24) is 15.1 Å². The molecule has 0 aliphatic carbocycles. The van der Waals surface area contributed by atoms with Gasteiger partial charge in [0.1, 0.15) is 0 Å². The van der Waals surface area contributed by atoms with E-state index in [0.717, 1.165) is 0 Å². The lowest BCUT2D eigenvalue weighted by molar-refractivity contribution is -0.131. The van der Waals surface area contributed by atoms with Crippen LogP contribution in [0.25, 0.3) is 0 Å². The monoisotopic (exact) mass is 387 g/mol. The zero-order valence-corrected chi connectivity index (χ0v) is 15.3. The molecule has 1 aromatic carbocycles. The summed E-state index contributed by atoms with van der Waals surface area (Å²) in [6.45, 7) is 3.56. The fourth-order valence-corrected chi connectivity index (χ4v) is 2.66. The summed E-state index contributed by atoms with van der Waals surface area (Å²) < 4.78 is 4.93. The summed E-state index contributed by atoms with van der Waals surface area (Å²) in [7, 11) is 0. The first kappa shape index (κ1) is 19.3. The molecule has 1 fully saturated rings. The van der Waals surface area contributed by atoms with Crippen LogP contribution in [0, 0.1) is 0 Å². The van der Waals surface area contributed by atoms with Gasteiger partial charge in [-0.3, -0.25) is 9.59 Å². The van der Waals surface area contributed by atoms with Crippen molar-refractivity contribution >= 4 is 41.1 Å². The summed E-state index contributed by atoms with van der Waals surface area (Å²) in [6, 6.07) is 4.50. The van der Waals surface area contributed by atoms with Gasteiger partial charge in [0.05, 0.1) is 23.2 Å². The number of nitrogens with zero attached hydrogens (tertiary/aromatic N) is 2. The van der Waals surface area contributed by atoms with Gasteiger partial charge in [-0.1, -0.05) is 23.2 Å². The van der Waals surface area contributed by atoms with Crippen molar-refractivity contribution < 1.29 is 19.1 Å². The summed E-state index contributed by atoms with van der Waals surface area (Å²) in [5.41, 5.74) is 0.328. The molecule has 1 saturated heterocycles. The lowest BCUT2D eigenvalue weighted by Gasteiger charge is -2.34. The first-order valence-electron chi connectivity index (χ1n) is 7.85. The zero-order chi connectivity index (χ0) is 18.4. The average Bonchev–Trinajstić information content (AvgIpc) is 2.62. The highest BCUT2D eigenvalue weighted by molar-refractivity contribution is 6.42. The third-order valence-electron chi connectivity index (χ3n) is 3.74. The number of carbonyl (C=O) groups is 3. The van der Waals surface area contributed by atoms with Crippen LogP contribution in [0.15, 0.2) is 18.2 Å². The van der Waals surface area contributed by atoms with Crippen LogP contribution in [-0.2, 0) is 9.53 Å². The van der Waals surface area contributed by atoms with Crippen LogP contribution < -0.4 is 5.32 Å². The molecule has 1 aromatic rings. The number of halogens is 2. The first-order valence-corrected chi connectivity index (χ1v) is 8.60. The minimum atomic E-state index is -0.405. The number of hydrogen-bond acceptors (Lipinski definition) is 4. The van der Waals surface area contributed by atoms with Crippen LogP contribution in [0.2, 0.25) is 10.0 Å². The van der Waals surface area contributed by atoms with Gasteiger partial charge in [-0.05, 0) is 25.1 Å². The third kappa shape index (κ3) is 5.24. The Kier molecular flexibility index (Phi) is 6.90. The number of carbonyl (C=O) groups excluding carboxylic acids is 3. The molecular formula is C16H19Cl2N3O4. The van der Waals surface area contributed by atoms with Gasteiger partial charge in [-0.2, -0.15) is 0 Å². The van der Waals surface area contributed by atoms with E-state index in [0.29, 0.717) is 43.4 Å². The largest absolute Gasteiger partial charge is 0.450 e. The van der Waals surface area contributed by atoms with E-state index in [-0.39, 0.29) is 23.6 Å². The lowest BCUT2D eigenvalue weighted by Crippen LogP contribution is -2.52. The first-order chi connectivity index (χ1) is 11.9. The zero-order valence-electron chi connectivity index (χ0n) is 13.8. The van der Waals surface area contributed by atoms with E-state index < -0.39 is 5.91 Å². The fraction of sp³-hybridized carbons (Fsp3) is 0.438. The Labute approximate surface area is 155 Å².